The fourth-order valence-corrected chi connectivity index (χ4v) is 3.90. The van der Waals surface area contributed by atoms with Gasteiger partial charge in [-0.25, -0.2) is 4.68 Å². The van der Waals surface area contributed by atoms with Crippen LogP contribution in [0.4, 0.5) is 0 Å². The van der Waals surface area contributed by atoms with E-state index in [4.69, 9.17) is 12.2 Å². The van der Waals surface area contributed by atoms with Crippen LogP contribution in [0.15, 0.2) is 47.4 Å². The van der Waals surface area contributed by atoms with E-state index in [1.165, 1.54) is 6.42 Å². The number of fused-ring (bicyclic) bond motifs is 3. The number of carbonyl (C=O) groups excluding carboxylic acids is 1. The maximum atomic E-state index is 12.4. The number of aromatic nitrogens is 2. The quantitative estimate of drug-likeness (QED) is 0.423. The fraction of sp³-hybridized carbons (Fsp3) is 0.333. The summed E-state index contributed by atoms with van der Waals surface area (Å²) in [4.78, 5) is 24.5. The number of benzene rings is 1. The Bertz CT molecular complexity index is 954. The van der Waals surface area contributed by atoms with Crippen LogP contribution in [0.1, 0.15) is 12.8 Å². The van der Waals surface area contributed by atoms with Gasteiger partial charge in [-0.3, -0.25) is 20.4 Å². The van der Waals surface area contributed by atoms with Crippen LogP contribution in [0.5, 0.6) is 0 Å². The van der Waals surface area contributed by atoms with Gasteiger partial charge in [0.1, 0.15) is 6.54 Å². The third-order valence-corrected chi connectivity index (χ3v) is 5.19. The second-order valence-electron chi connectivity index (χ2n) is 6.73. The molecule has 0 radical (unpaired) electrons. The van der Waals surface area contributed by atoms with Crippen molar-refractivity contribution in [1.82, 2.24) is 25.9 Å². The summed E-state index contributed by atoms with van der Waals surface area (Å²) in [5, 5.41) is 8.94. The molecule has 4 rings (SSSR count). The van der Waals surface area contributed by atoms with Crippen LogP contribution in [0.25, 0.3) is 10.8 Å². The van der Waals surface area contributed by atoms with E-state index < -0.39 is 5.91 Å². The maximum absolute atomic E-state index is 12.4. The molecule has 1 heterocycles. The molecule has 2 aliphatic carbocycles. The first kappa shape index (κ1) is 16.7. The van der Waals surface area contributed by atoms with Gasteiger partial charge in [-0.15, -0.1) is 0 Å². The summed E-state index contributed by atoms with van der Waals surface area (Å²) in [5.74, 6) is 0.753. The number of hydrogen-bond acceptors (Lipinski definition) is 4. The number of carbonyl (C=O) groups is 1. The van der Waals surface area contributed by atoms with Crippen molar-refractivity contribution in [3.05, 3.63) is 53.0 Å². The van der Waals surface area contributed by atoms with Crippen LogP contribution in [0.3, 0.4) is 0 Å². The minimum atomic E-state index is -0.396. The highest BCUT2D eigenvalue weighted by Crippen LogP contribution is 2.38. The summed E-state index contributed by atoms with van der Waals surface area (Å²) < 4.78 is 1.14. The predicted octanol–water partition coefficient (Wildman–Crippen LogP) is 0.856. The molecular weight excluding hydrogens is 350 g/mol. The van der Waals surface area contributed by atoms with Crippen molar-refractivity contribution < 1.29 is 4.79 Å². The van der Waals surface area contributed by atoms with Gasteiger partial charge in [0.05, 0.1) is 11.6 Å². The predicted molar refractivity (Wildman–Crippen MR) is 102 cm³/mol. The third-order valence-electron chi connectivity index (χ3n) is 4.97. The van der Waals surface area contributed by atoms with Gasteiger partial charge in [0.2, 0.25) is 0 Å². The summed E-state index contributed by atoms with van der Waals surface area (Å²) in [6, 6.07) is 7.46. The van der Waals surface area contributed by atoms with E-state index in [-0.39, 0.29) is 12.1 Å². The number of amides is 1. The van der Waals surface area contributed by atoms with Gasteiger partial charge < -0.3 is 5.32 Å². The molecule has 8 heteroatoms. The Morgan fingerprint density at radius 3 is 2.85 bits per heavy atom. The van der Waals surface area contributed by atoms with Crippen LogP contribution in [-0.4, -0.2) is 26.8 Å². The van der Waals surface area contributed by atoms with Gasteiger partial charge in [-0.05, 0) is 43.0 Å². The van der Waals surface area contributed by atoms with E-state index in [9.17, 15) is 9.59 Å². The highest BCUT2D eigenvalue weighted by molar-refractivity contribution is 7.80. The highest BCUT2D eigenvalue weighted by atomic mass is 32.1. The molecule has 0 unspecified atom stereocenters. The Morgan fingerprint density at radius 1 is 1.23 bits per heavy atom. The highest BCUT2D eigenvalue weighted by Gasteiger charge is 2.35. The summed E-state index contributed by atoms with van der Waals surface area (Å²) in [6.45, 7) is -0.184. The lowest BCUT2D eigenvalue weighted by Crippen LogP contribution is -2.51. The summed E-state index contributed by atoms with van der Waals surface area (Å²) in [5.41, 5.74) is 4.91. The average Bonchev–Trinajstić information content (AvgIpc) is 3.26. The topological polar surface area (TPSA) is 88.0 Å². The standard InChI is InChI=1S/C18H19N5O2S/c24-16(10-23-17(25)14-4-2-1-3-13(14)9-19-23)21-22-18(26)20-15-8-11-5-6-12(15)7-11/h1-6,9,11-12,15H,7-8,10H2,(H,21,24)(H2,20,22,26)/t11-,12+,15-/m1/s1. The van der Waals surface area contributed by atoms with Crippen LogP contribution in [0, 0.1) is 11.8 Å². The number of hydrogen-bond donors (Lipinski definition) is 3. The molecule has 1 aromatic carbocycles. The number of rotatable bonds is 3. The van der Waals surface area contributed by atoms with Gasteiger partial charge in [-0.2, -0.15) is 5.10 Å². The normalized spacial score (nSPS) is 23.2. The molecular formula is C18H19N5O2S. The number of thiocarbonyl (C=S) groups is 1. The van der Waals surface area contributed by atoms with E-state index in [0.717, 1.165) is 16.5 Å². The molecule has 1 fully saturated rings. The molecule has 0 spiro atoms. The lowest BCUT2D eigenvalue weighted by atomic mass is 10.0. The molecule has 26 heavy (non-hydrogen) atoms. The van der Waals surface area contributed by atoms with Crippen LogP contribution < -0.4 is 21.7 Å². The Hall–Kier alpha value is -2.74. The molecule has 134 valence electrons. The Morgan fingerprint density at radius 2 is 2.08 bits per heavy atom. The van der Waals surface area contributed by atoms with Crippen LogP contribution >= 0.6 is 12.2 Å². The monoisotopic (exact) mass is 369 g/mol. The molecule has 2 bridgehead atoms. The number of hydrazine groups is 1. The van der Waals surface area contributed by atoms with Crippen molar-refractivity contribution in [2.45, 2.75) is 25.4 Å². The van der Waals surface area contributed by atoms with Crippen molar-refractivity contribution in [2.75, 3.05) is 0 Å². The van der Waals surface area contributed by atoms with E-state index in [1.807, 2.05) is 12.1 Å². The molecule has 1 amide bonds. The number of nitrogens with zero attached hydrogens (tertiary/aromatic N) is 2. The lowest BCUT2D eigenvalue weighted by molar-refractivity contribution is -0.122. The van der Waals surface area contributed by atoms with Crippen molar-refractivity contribution >= 4 is 34.0 Å². The first-order chi connectivity index (χ1) is 12.6. The number of allylic oxidation sites excluding steroid dienone is 1. The number of nitrogens with one attached hydrogen (secondary N) is 3. The molecule has 3 atom stereocenters. The van der Waals surface area contributed by atoms with Gasteiger partial charge >= 0.3 is 0 Å². The first-order valence-electron chi connectivity index (χ1n) is 8.58. The molecule has 2 aromatic rings. The van der Waals surface area contributed by atoms with Crippen molar-refractivity contribution in [3.8, 4) is 0 Å². The van der Waals surface area contributed by atoms with Gasteiger partial charge in [0.15, 0.2) is 5.11 Å². The maximum Gasteiger partial charge on any atom is 0.275 e. The van der Waals surface area contributed by atoms with Crippen molar-refractivity contribution in [2.24, 2.45) is 11.8 Å². The zero-order valence-electron chi connectivity index (χ0n) is 14.0. The van der Waals surface area contributed by atoms with E-state index >= 15 is 0 Å². The molecule has 3 N–H and O–H groups in total. The lowest BCUT2D eigenvalue weighted by Gasteiger charge is -2.22. The second-order valence-corrected chi connectivity index (χ2v) is 7.14. The molecule has 0 aliphatic heterocycles. The summed E-state index contributed by atoms with van der Waals surface area (Å²) >= 11 is 5.23. The zero-order valence-corrected chi connectivity index (χ0v) is 14.8. The first-order valence-corrected chi connectivity index (χ1v) is 8.99. The second kappa shape index (κ2) is 6.87. The zero-order chi connectivity index (χ0) is 18.1. The molecule has 0 saturated heterocycles. The van der Waals surface area contributed by atoms with Gasteiger partial charge in [-0.1, -0.05) is 30.4 Å². The fourth-order valence-electron chi connectivity index (χ4n) is 3.69. The summed E-state index contributed by atoms with van der Waals surface area (Å²) in [6.07, 6.45) is 8.29. The molecule has 1 aromatic heterocycles. The Kier molecular flexibility index (Phi) is 4.42. The van der Waals surface area contributed by atoms with Crippen molar-refractivity contribution in [3.63, 3.8) is 0 Å². The SMILES string of the molecule is O=C(Cn1ncc2ccccc2c1=O)NNC(=S)N[C@@H]1C[C@@H]2C=C[C@H]1C2. The molecule has 2 aliphatic rings. The Labute approximate surface area is 155 Å². The molecule has 1 saturated carbocycles. The van der Waals surface area contributed by atoms with Gasteiger partial charge in [0.25, 0.3) is 11.5 Å². The minimum absolute atomic E-state index is 0.184. The third kappa shape index (κ3) is 3.32. The smallest absolute Gasteiger partial charge is 0.275 e. The van der Waals surface area contributed by atoms with Gasteiger partial charge in [0, 0.05) is 11.4 Å². The van der Waals surface area contributed by atoms with Crippen LogP contribution in [-0.2, 0) is 11.3 Å². The van der Waals surface area contributed by atoms with Crippen LogP contribution in [0.2, 0.25) is 0 Å². The average molecular weight is 369 g/mol. The summed E-state index contributed by atoms with van der Waals surface area (Å²) in [7, 11) is 0. The van der Waals surface area contributed by atoms with Crippen molar-refractivity contribution in [1.29, 1.82) is 0 Å². The van der Waals surface area contributed by atoms with E-state index in [1.54, 1.807) is 18.3 Å². The molecule has 7 nitrogen and oxygen atoms in total. The Balaban J connectivity index is 1.31. The van der Waals surface area contributed by atoms with E-state index in [2.05, 4.69) is 33.4 Å². The van der Waals surface area contributed by atoms with E-state index in [0.29, 0.717) is 28.4 Å². The largest absolute Gasteiger partial charge is 0.358 e. The minimum Gasteiger partial charge on any atom is -0.358 e.